The molecular weight excluding hydrogens is 226 g/mol. The van der Waals surface area contributed by atoms with E-state index in [0.29, 0.717) is 0 Å². The number of rotatable bonds is 3. The molecule has 1 fully saturated rings. The maximum absolute atomic E-state index is 6.15. The Kier molecular flexibility index (Phi) is 3.78. The van der Waals surface area contributed by atoms with Crippen molar-refractivity contribution in [1.29, 1.82) is 0 Å². The summed E-state index contributed by atoms with van der Waals surface area (Å²) in [7, 11) is 2.01. The number of hydrogen-bond acceptors (Lipinski definition) is 3. The molecule has 0 radical (unpaired) electrons. The lowest BCUT2D eigenvalue weighted by Gasteiger charge is -2.44. The fourth-order valence-corrected chi connectivity index (χ4v) is 3.16. The van der Waals surface area contributed by atoms with Crippen LogP contribution in [0.15, 0.2) is 0 Å². The Morgan fingerprint density at radius 2 is 2.06 bits per heavy atom. The molecular formula is C14H25N3O. The number of hydrogen-bond donors (Lipinski definition) is 1. The van der Waals surface area contributed by atoms with Gasteiger partial charge in [-0.05, 0) is 26.7 Å². The zero-order valence-corrected chi connectivity index (χ0v) is 12.2. The first kappa shape index (κ1) is 13.6. The monoisotopic (exact) mass is 251 g/mol. The van der Waals surface area contributed by atoms with Gasteiger partial charge in [-0.25, -0.2) is 0 Å². The van der Waals surface area contributed by atoms with Crippen molar-refractivity contribution in [3.8, 4) is 0 Å². The van der Waals surface area contributed by atoms with Crippen LogP contribution in [-0.2, 0) is 11.8 Å². The SMILES string of the molecule is CCC1(CC)OCCNC1c1c(C)nn(C)c1C. The molecule has 2 heterocycles. The first-order valence-electron chi connectivity index (χ1n) is 6.93. The van der Waals surface area contributed by atoms with E-state index in [1.165, 1.54) is 11.3 Å². The van der Waals surface area contributed by atoms with E-state index < -0.39 is 0 Å². The second kappa shape index (κ2) is 5.02. The zero-order valence-electron chi connectivity index (χ0n) is 12.2. The van der Waals surface area contributed by atoms with Gasteiger partial charge in [0, 0.05) is 24.8 Å². The van der Waals surface area contributed by atoms with Gasteiger partial charge < -0.3 is 10.1 Å². The summed E-state index contributed by atoms with van der Waals surface area (Å²) in [5.41, 5.74) is 3.59. The maximum atomic E-state index is 6.15. The minimum absolute atomic E-state index is 0.0865. The van der Waals surface area contributed by atoms with Crippen LogP contribution in [0.1, 0.15) is 49.7 Å². The standard InChI is InChI=1S/C14H25N3O/c1-6-14(7-2)13(15-8-9-18-14)12-10(3)16-17(5)11(12)4/h13,15H,6-9H2,1-5H3. The van der Waals surface area contributed by atoms with Crippen molar-refractivity contribution in [3.63, 3.8) is 0 Å². The number of aromatic nitrogens is 2. The van der Waals surface area contributed by atoms with Gasteiger partial charge in [0.2, 0.25) is 0 Å². The lowest BCUT2D eigenvalue weighted by Crippen LogP contribution is -2.51. The summed E-state index contributed by atoms with van der Waals surface area (Å²) in [6, 6.07) is 0.259. The number of ether oxygens (including phenoxy) is 1. The molecule has 102 valence electrons. The molecule has 0 bridgehead atoms. The summed E-state index contributed by atoms with van der Waals surface area (Å²) in [5, 5.41) is 8.19. The van der Waals surface area contributed by atoms with E-state index in [1.807, 2.05) is 11.7 Å². The van der Waals surface area contributed by atoms with E-state index in [4.69, 9.17) is 4.74 Å². The minimum Gasteiger partial charge on any atom is -0.372 e. The molecule has 1 aromatic heterocycles. The molecule has 0 aromatic carbocycles. The summed E-state index contributed by atoms with van der Waals surface area (Å²) in [6.45, 7) is 10.4. The zero-order chi connectivity index (χ0) is 13.3. The fraction of sp³-hybridized carbons (Fsp3) is 0.786. The van der Waals surface area contributed by atoms with Crippen LogP contribution in [0, 0.1) is 13.8 Å². The average Bonchev–Trinajstić information content (AvgIpc) is 2.63. The molecule has 0 saturated carbocycles. The van der Waals surface area contributed by atoms with Crippen LogP contribution >= 0.6 is 0 Å². The average molecular weight is 251 g/mol. The largest absolute Gasteiger partial charge is 0.372 e. The molecule has 0 aliphatic carbocycles. The van der Waals surface area contributed by atoms with Crippen molar-refractivity contribution >= 4 is 0 Å². The third-order valence-corrected chi connectivity index (χ3v) is 4.42. The second-order valence-electron chi connectivity index (χ2n) is 5.22. The molecule has 2 rings (SSSR count). The van der Waals surface area contributed by atoms with Gasteiger partial charge >= 0.3 is 0 Å². The number of aryl methyl sites for hydroxylation is 2. The van der Waals surface area contributed by atoms with Crippen molar-refractivity contribution in [2.45, 2.75) is 52.2 Å². The van der Waals surface area contributed by atoms with Crippen molar-refractivity contribution in [3.05, 3.63) is 17.0 Å². The van der Waals surface area contributed by atoms with Crippen LogP contribution < -0.4 is 5.32 Å². The van der Waals surface area contributed by atoms with Crippen LogP contribution in [0.25, 0.3) is 0 Å². The summed E-state index contributed by atoms with van der Waals surface area (Å²) < 4.78 is 8.12. The van der Waals surface area contributed by atoms with Gasteiger partial charge in [-0.15, -0.1) is 0 Å². The van der Waals surface area contributed by atoms with Gasteiger partial charge in [0.25, 0.3) is 0 Å². The van der Waals surface area contributed by atoms with Gasteiger partial charge in [-0.2, -0.15) is 5.10 Å². The van der Waals surface area contributed by atoms with Gasteiger partial charge in [0.05, 0.1) is 23.9 Å². The quantitative estimate of drug-likeness (QED) is 0.895. The van der Waals surface area contributed by atoms with Crippen molar-refractivity contribution in [1.82, 2.24) is 15.1 Å². The molecule has 1 saturated heterocycles. The topological polar surface area (TPSA) is 39.1 Å². The molecule has 18 heavy (non-hydrogen) atoms. The first-order chi connectivity index (χ1) is 8.55. The maximum Gasteiger partial charge on any atom is 0.0873 e. The second-order valence-corrected chi connectivity index (χ2v) is 5.22. The highest BCUT2D eigenvalue weighted by Gasteiger charge is 2.42. The Balaban J connectivity index is 2.46. The van der Waals surface area contributed by atoms with Crippen LogP contribution in [0.4, 0.5) is 0 Å². The third kappa shape index (κ3) is 1.97. The van der Waals surface area contributed by atoms with E-state index in [0.717, 1.165) is 31.7 Å². The Morgan fingerprint density at radius 3 is 2.56 bits per heavy atom. The van der Waals surface area contributed by atoms with E-state index in [9.17, 15) is 0 Å². The van der Waals surface area contributed by atoms with Crippen LogP contribution in [-0.4, -0.2) is 28.5 Å². The van der Waals surface area contributed by atoms with Gasteiger partial charge in [0.15, 0.2) is 0 Å². The molecule has 1 atom stereocenters. The summed E-state index contributed by atoms with van der Waals surface area (Å²) in [5.74, 6) is 0. The third-order valence-electron chi connectivity index (χ3n) is 4.42. The Hall–Kier alpha value is -0.870. The number of nitrogens with zero attached hydrogens (tertiary/aromatic N) is 2. The molecule has 1 aliphatic rings. The molecule has 1 unspecified atom stereocenters. The highest BCUT2D eigenvalue weighted by atomic mass is 16.5. The normalized spacial score (nSPS) is 23.3. The number of morpholine rings is 1. The van der Waals surface area contributed by atoms with Gasteiger partial charge in [0.1, 0.15) is 0 Å². The van der Waals surface area contributed by atoms with E-state index in [2.05, 4.69) is 38.1 Å². The molecule has 4 heteroatoms. The van der Waals surface area contributed by atoms with Crippen molar-refractivity contribution < 1.29 is 4.74 Å². The molecule has 1 aromatic rings. The van der Waals surface area contributed by atoms with Crippen LogP contribution in [0.3, 0.4) is 0 Å². The van der Waals surface area contributed by atoms with Gasteiger partial charge in [-0.3, -0.25) is 4.68 Å². The van der Waals surface area contributed by atoms with E-state index >= 15 is 0 Å². The van der Waals surface area contributed by atoms with Crippen LogP contribution in [0.2, 0.25) is 0 Å². The van der Waals surface area contributed by atoms with Crippen molar-refractivity contribution in [2.24, 2.45) is 7.05 Å². The number of nitrogens with one attached hydrogen (secondary N) is 1. The lowest BCUT2D eigenvalue weighted by atomic mass is 9.82. The summed E-state index contributed by atoms with van der Waals surface area (Å²) in [6.07, 6.45) is 2.05. The minimum atomic E-state index is -0.0865. The predicted molar refractivity (Wildman–Crippen MR) is 72.7 cm³/mol. The van der Waals surface area contributed by atoms with Crippen LogP contribution in [0.5, 0.6) is 0 Å². The highest BCUT2D eigenvalue weighted by molar-refractivity contribution is 5.31. The van der Waals surface area contributed by atoms with Crippen molar-refractivity contribution in [2.75, 3.05) is 13.2 Å². The predicted octanol–water partition coefficient (Wildman–Crippen LogP) is 2.26. The lowest BCUT2D eigenvalue weighted by molar-refractivity contribution is -0.103. The molecule has 0 amide bonds. The molecule has 1 N–H and O–H groups in total. The molecule has 4 nitrogen and oxygen atoms in total. The van der Waals surface area contributed by atoms with Gasteiger partial charge in [-0.1, -0.05) is 13.8 Å². The van der Waals surface area contributed by atoms with E-state index in [1.54, 1.807) is 0 Å². The molecule has 0 spiro atoms. The smallest absolute Gasteiger partial charge is 0.0873 e. The molecule has 1 aliphatic heterocycles. The summed E-state index contributed by atoms with van der Waals surface area (Å²) in [4.78, 5) is 0. The Labute approximate surface area is 110 Å². The highest BCUT2D eigenvalue weighted by Crippen LogP contribution is 2.39. The fourth-order valence-electron chi connectivity index (χ4n) is 3.16. The Bertz CT molecular complexity index is 421. The Morgan fingerprint density at radius 1 is 1.39 bits per heavy atom. The van der Waals surface area contributed by atoms with E-state index in [-0.39, 0.29) is 11.6 Å². The summed E-state index contributed by atoms with van der Waals surface area (Å²) >= 11 is 0. The first-order valence-corrected chi connectivity index (χ1v) is 6.93.